The monoisotopic (exact) mass is 202 g/mol. The molecule has 1 fully saturated rings. The highest BCUT2D eigenvalue weighted by atomic mass is 16.4. The van der Waals surface area contributed by atoms with Crippen LogP contribution >= 0.6 is 0 Å². The van der Waals surface area contributed by atoms with Gasteiger partial charge in [-0.25, -0.2) is 0 Å². The molecule has 1 rings (SSSR count). The van der Waals surface area contributed by atoms with E-state index >= 15 is 0 Å². The van der Waals surface area contributed by atoms with Gasteiger partial charge in [-0.1, -0.05) is 13.8 Å². The van der Waals surface area contributed by atoms with E-state index < -0.39 is 18.3 Å². The lowest BCUT2D eigenvalue weighted by Crippen LogP contribution is -2.46. The Morgan fingerprint density at radius 2 is 1.57 bits per heavy atom. The molecular formula is C10H18O4. The van der Waals surface area contributed by atoms with Crippen LogP contribution in [0.2, 0.25) is 0 Å². The Labute approximate surface area is 83.6 Å². The van der Waals surface area contributed by atoms with Crippen molar-refractivity contribution in [1.82, 2.24) is 0 Å². The van der Waals surface area contributed by atoms with Crippen molar-refractivity contribution in [2.45, 2.75) is 45.0 Å². The van der Waals surface area contributed by atoms with Crippen LogP contribution in [0.4, 0.5) is 0 Å². The summed E-state index contributed by atoms with van der Waals surface area (Å²) in [5.41, 5.74) is 0. The molecule has 4 heteroatoms. The second-order valence-corrected chi connectivity index (χ2v) is 4.35. The van der Waals surface area contributed by atoms with Gasteiger partial charge in [0.25, 0.3) is 0 Å². The third-order valence-electron chi connectivity index (χ3n) is 2.81. The lowest BCUT2D eigenvalue weighted by atomic mass is 9.78. The van der Waals surface area contributed by atoms with Gasteiger partial charge in [-0.2, -0.15) is 0 Å². The Morgan fingerprint density at radius 3 is 1.93 bits per heavy atom. The van der Waals surface area contributed by atoms with E-state index in [2.05, 4.69) is 0 Å². The van der Waals surface area contributed by atoms with Crippen molar-refractivity contribution < 1.29 is 20.1 Å². The molecule has 0 spiro atoms. The molecule has 0 heterocycles. The average molecular weight is 202 g/mol. The number of aliphatic hydroxyl groups is 3. The van der Waals surface area contributed by atoms with Crippen LogP contribution in [0, 0.1) is 11.8 Å². The van der Waals surface area contributed by atoms with Gasteiger partial charge >= 0.3 is 0 Å². The van der Waals surface area contributed by atoms with E-state index in [-0.39, 0.29) is 30.5 Å². The first-order valence-corrected chi connectivity index (χ1v) is 5.01. The standard InChI is InChI=1S/C10H18O4/c1-5(2)9(13)6-3-7(11)10(14)8(12)4-6/h5-8,10-12,14H,3-4H2,1-2H3/t6?,7-,8?,10-/m1/s1. The molecule has 0 aromatic rings. The zero-order valence-electron chi connectivity index (χ0n) is 8.55. The van der Waals surface area contributed by atoms with Gasteiger partial charge in [0.2, 0.25) is 0 Å². The molecule has 1 aliphatic rings. The van der Waals surface area contributed by atoms with Crippen LogP contribution in [0.15, 0.2) is 0 Å². The first-order valence-electron chi connectivity index (χ1n) is 5.01. The molecule has 4 atom stereocenters. The van der Waals surface area contributed by atoms with Crippen LogP contribution in [0.5, 0.6) is 0 Å². The summed E-state index contributed by atoms with van der Waals surface area (Å²) < 4.78 is 0. The largest absolute Gasteiger partial charge is 0.390 e. The molecule has 0 radical (unpaired) electrons. The summed E-state index contributed by atoms with van der Waals surface area (Å²) in [6.45, 7) is 3.60. The van der Waals surface area contributed by atoms with Crippen molar-refractivity contribution in [1.29, 1.82) is 0 Å². The maximum absolute atomic E-state index is 11.6. The van der Waals surface area contributed by atoms with Crippen LogP contribution in [-0.2, 0) is 4.79 Å². The Hall–Kier alpha value is -0.450. The first-order chi connectivity index (χ1) is 6.43. The molecule has 1 aliphatic carbocycles. The van der Waals surface area contributed by atoms with E-state index in [1.54, 1.807) is 13.8 Å². The summed E-state index contributed by atoms with van der Waals surface area (Å²) in [6.07, 6.45) is -2.55. The predicted molar refractivity (Wildman–Crippen MR) is 50.6 cm³/mol. The van der Waals surface area contributed by atoms with Crippen molar-refractivity contribution in [2.24, 2.45) is 11.8 Å². The summed E-state index contributed by atoms with van der Waals surface area (Å²) in [4.78, 5) is 11.6. The SMILES string of the molecule is CC(C)C(=O)C1CC(O)[C@H](O)[C@H](O)C1. The molecule has 0 amide bonds. The van der Waals surface area contributed by atoms with Crippen LogP contribution in [-0.4, -0.2) is 39.4 Å². The Morgan fingerprint density at radius 1 is 1.14 bits per heavy atom. The van der Waals surface area contributed by atoms with Crippen molar-refractivity contribution >= 4 is 5.78 Å². The van der Waals surface area contributed by atoms with Gasteiger partial charge in [-0.15, -0.1) is 0 Å². The van der Waals surface area contributed by atoms with E-state index in [4.69, 9.17) is 0 Å². The van der Waals surface area contributed by atoms with Crippen LogP contribution < -0.4 is 0 Å². The Kier molecular flexibility index (Phi) is 3.64. The molecule has 14 heavy (non-hydrogen) atoms. The zero-order valence-corrected chi connectivity index (χ0v) is 8.55. The third-order valence-corrected chi connectivity index (χ3v) is 2.81. The van der Waals surface area contributed by atoms with Gasteiger partial charge in [0.15, 0.2) is 0 Å². The maximum Gasteiger partial charge on any atom is 0.138 e. The third kappa shape index (κ3) is 2.32. The fourth-order valence-corrected chi connectivity index (χ4v) is 1.92. The number of carbonyl (C=O) groups excluding carboxylic acids is 1. The topological polar surface area (TPSA) is 77.8 Å². The molecule has 3 N–H and O–H groups in total. The smallest absolute Gasteiger partial charge is 0.138 e. The second kappa shape index (κ2) is 4.38. The number of hydrogen-bond donors (Lipinski definition) is 3. The van der Waals surface area contributed by atoms with Gasteiger partial charge in [0.05, 0.1) is 12.2 Å². The number of hydrogen-bond acceptors (Lipinski definition) is 4. The van der Waals surface area contributed by atoms with Gasteiger partial charge in [-0.3, -0.25) is 4.79 Å². The molecule has 0 aromatic heterocycles. The van der Waals surface area contributed by atoms with Gasteiger partial charge in [0.1, 0.15) is 11.9 Å². The van der Waals surface area contributed by atoms with Gasteiger partial charge in [-0.05, 0) is 12.8 Å². The van der Waals surface area contributed by atoms with E-state index in [0.29, 0.717) is 0 Å². The molecule has 4 nitrogen and oxygen atoms in total. The highest BCUT2D eigenvalue weighted by Gasteiger charge is 2.38. The average Bonchev–Trinajstić information content (AvgIpc) is 2.12. The molecule has 1 saturated carbocycles. The normalized spacial score (nSPS) is 38.7. The van der Waals surface area contributed by atoms with Crippen LogP contribution in [0.25, 0.3) is 0 Å². The number of rotatable bonds is 2. The minimum Gasteiger partial charge on any atom is -0.390 e. The molecule has 82 valence electrons. The van der Waals surface area contributed by atoms with Crippen LogP contribution in [0.1, 0.15) is 26.7 Å². The fraction of sp³-hybridized carbons (Fsp3) is 0.900. The highest BCUT2D eigenvalue weighted by molar-refractivity contribution is 5.83. The van der Waals surface area contributed by atoms with Gasteiger partial charge in [0, 0.05) is 11.8 Å². The summed E-state index contributed by atoms with van der Waals surface area (Å²) >= 11 is 0. The molecule has 0 bridgehead atoms. The molecule has 2 unspecified atom stereocenters. The summed E-state index contributed by atoms with van der Waals surface area (Å²) in [5.74, 6) is -0.354. The summed E-state index contributed by atoms with van der Waals surface area (Å²) in [5, 5.41) is 28.0. The number of Topliss-reactive ketones (excluding diaryl/α,β-unsaturated/α-hetero) is 1. The van der Waals surface area contributed by atoms with E-state index in [0.717, 1.165) is 0 Å². The van der Waals surface area contributed by atoms with Crippen molar-refractivity contribution in [3.8, 4) is 0 Å². The van der Waals surface area contributed by atoms with Crippen molar-refractivity contribution in [2.75, 3.05) is 0 Å². The minimum atomic E-state index is -1.11. The number of aliphatic hydroxyl groups excluding tert-OH is 3. The van der Waals surface area contributed by atoms with Crippen molar-refractivity contribution in [3.05, 3.63) is 0 Å². The zero-order chi connectivity index (χ0) is 10.9. The summed E-state index contributed by atoms with van der Waals surface area (Å²) in [6, 6.07) is 0. The molecule has 0 aliphatic heterocycles. The maximum atomic E-state index is 11.6. The first kappa shape index (κ1) is 11.6. The molecular weight excluding hydrogens is 184 g/mol. The number of carbonyl (C=O) groups is 1. The molecule has 0 aromatic carbocycles. The van der Waals surface area contributed by atoms with Crippen molar-refractivity contribution in [3.63, 3.8) is 0 Å². The predicted octanol–water partition coefficient (Wildman–Crippen LogP) is -0.296. The van der Waals surface area contributed by atoms with E-state index in [1.165, 1.54) is 0 Å². The lowest BCUT2D eigenvalue weighted by molar-refractivity contribution is -0.138. The van der Waals surface area contributed by atoms with E-state index in [1.807, 2.05) is 0 Å². The lowest BCUT2D eigenvalue weighted by Gasteiger charge is -2.33. The van der Waals surface area contributed by atoms with Crippen LogP contribution in [0.3, 0.4) is 0 Å². The fourth-order valence-electron chi connectivity index (χ4n) is 1.92. The Balaban J connectivity index is 2.62. The minimum absolute atomic E-state index is 0.0509. The molecule has 0 saturated heterocycles. The van der Waals surface area contributed by atoms with E-state index in [9.17, 15) is 20.1 Å². The number of ketones is 1. The quantitative estimate of drug-likeness (QED) is 0.574. The van der Waals surface area contributed by atoms with Gasteiger partial charge < -0.3 is 15.3 Å². The second-order valence-electron chi connectivity index (χ2n) is 4.35. The Bertz CT molecular complexity index is 202. The highest BCUT2D eigenvalue weighted by Crippen LogP contribution is 2.27. The summed E-state index contributed by atoms with van der Waals surface area (Å²) in [7, 11) is 0.